The maximum absolute atomic E-state index is 14.0. The molecule has 1 heterocycles. The van der Waals surface area contributed by atoms with E-state index in [2.05, 4.69) is 17.6 Å². The van der Waals surface area contributed by atoms with E-state index in [4.69, 9.17) is 27.9 Å². The predicted molar refractivity (Wildman–Crippen MR) is 176 cm³/mol. The first-order chi connectivity index (χ1) is 20.7. The number of hydrogen-bond donors (Lipinski definition) is 2. The van der Waals surface area contributed by atoms with Gasteiger partial charge in [-0.05, 0) is 79.6 Å². The minimum Gasteiger partial charge on any atom is -0.462 e. The fourth-order valence-electron chi connectivity index (χ4n) is 4.99. The Morgan fingerprint density at radius 1 is 1.02 bits per heavy atom. The summed E-state index contributed by atoms with van der Waals surface area (Å²) in [5.41, 5.74) is 3.13. The summed E-state index contributed by atoms with van der Waals surface area (Å²) in [4.78, 5) is 41.8. The van der Waals surface area contributed by atoms with E-state index in [1.807, 2.05) is 48.5 Å². The quantitative estimate of drug-likeness (QED) is 0.139. The van der Waals surface area contributed by atoms with Crippen molar-refractivity contribution < 1.29 is 19.1 Å². The van der Waals surface area contributed by atoms with Gasteiger partial charge in [0, 0.05) is 20.5 Å². The standard InChI is InChI=1S/C33H30Cl2N2O4S2/c1-3-41-33(40)28-25-14-12-19(2)16-27(25)43-32(28)37-31(39)29(20-8-5-4-6-9-20)42-23-11-7-10-22(18-23)36-30(38)24-15-13-21(34)17-26(24)35/h4-11,13,15,17-19,29H,3,12,14,16H2,1-2H3,(H,36,38)(H,37,39). The average Bonchev–Trinajstić information content (AvgIpc) is 3.33. The van der Waals surface area contributed by atoms with E-state index < -0.39 is 11.2 Å². The molecular formula is C33H30Cl2N2O4S2. The number of amides is 2. The van der Waals surface area contributed by atoms with Gasteiger partial charge in [0.2, 0.25) is 5.91 Å². The summed E-state index contributed by atoms with van der Waals surface area (Å²) in [7, 11) is 0. The van der Waals surface area contributed by atoms with Crippen LogP contribution < -0.4 is 10.6 Å². The van der Waals surface area contributed by atoms with Gasteiger partial charge in [-0.25, -0.2) is 4.79 Å². The second kappa shape index (κ2) is 14.0. The van der Waals surface area contributed by atoms with Crippen LogP contribution in [0.2, 0.25) is 10.0 Å². The Kier molecular flexibility index (Phi) is 10.1. The van der Waals surface area contributed by atoms with Crippen molar-refractivity contribution >= 4 is 74.8 Å². The van der Waals surface area contributed by atoms with Gasteiger partial charge in [-0.2, -0.15) is 0 Å². The second-order valence-corrected chi connectivity index (χ2v) is 13.4. The van der Waals surface area contributed by atoms with Crippen molar-refractivity contribution in [2.75, 3.05) is 17.2 Å². The van der Waals surface area contributed by atoms with E-state index in [0.29, 0.717) is 32.8 Å². The van der Waals surface area contributed by atoms with Gasteiger partial charge in [-0.3, -0.25) is 9.59 Å². The summed E-state index contributed by atoms with van der Waals surface area (Å²) in [5, 5.41) is 6.55. The summed E-state index contributed by atoms with van der Waals surface area (Å²) in [5.74, 6) is -0.515. The third-order valence-corrected chi connectivity index (χ3v) is 10.1. The molecule has 6 nitrogen and oxygen atoms in total. The summed E-state index contributed by atoms with van der Waals surface area (Å²) >= 11 is 15.0. The zero-order valence-electron chi connectivity index (χ0n) is 23.6. The SMILES string of the molecule is CCOC(=O)c1c(NC(=O)C(Sc2cccc(NC(=O)c3ccc(Cl)cc3Cl)c2)c2ccccc2)sc2c1CCC(C)C2. The number of thiophene rings is 1. The molecule has 4 aromatic rings. The highest BCUT2D eigenvalue weighted by Gasteiger charge is 2.31. The van der Waals surface area contributed by atoms with E-state index in [1.54, 1.807) is 25.1 Å². The van der Waals surface area contributed by atoms with Crippen molar-refractivity contribution in [1.82, 2.24) is 0 Å². The average molecular weight is 654 g/mol. The Morgan fingerprint density at radius 3 is 2.56 bits per heavy atom. The second-order valence-electron chi connectivity index (χ2n) is 10.3. The lowest BCUT2D eigenvalue weighted by Gasteiger charge is -2.19. The summed E-state index contributed by atoms with van der Waals surface area (Å²) in [6.07, 6.45) is 2.65. The molecule has 10 heteroatoms. The first-order valence-corrected chi connectivity index (χ1v) is 16.4. The van der Waals surface area contributed by atoms with Gasteiger partial charge >= 0.3 is 5.97 Å². The van der Waals surface area contributed by atoms with Crippen molar-refractivity contribution in [3.05, 3.63) is 110 Å². The number of thioether (sulfide) groups is 1. The molecule has 1 aliphatic rings. The third-order valence-electron chi connectivity index (χ3n) is 7.09. The fourth-order valence-corrected chi connectivity index (χ4v) is 7.97. The largest absolute Gasteiger partial charge is 0.462 e. The van der Waals surface area contributed by atoms with E-state index in [1.165, 1.54) is 29.2 Å². The lowest BCUT2D eigenvalue weighted by Crippen LogP contribution is -2.20. The zero-order valence-corrected chi connectivity index (χ0v) is 26.8. The molecule has 2 atom stereocenters. The molecule has 0 spiro atoms. The number of benzene rings is 3. The van der Waals surface area contributed by atoms with Gasteiger partial charge < -0.3 is 15.4 Å². The van der Waals surface area contributed by atoms with E-state index in [0.717, 1.165) is 40.2 Å². The minimum atomic E-state index is -0.633. The van der Waals surface area contributed by atoms with E-state index in [-0.39, 0.29) is 23.4 Å². The summed E-state index contributed by atoms with van der Waals surface area (Å²) in [6, 6.07) is 21.4. The van der Waals surface area contributed by atoms with Gasteiger partial charge in [-0.1, -0.05) is 66.5 Å². The molecule has 0 saturated heterocycles. The van der Waals surface area contributed by atoms with Crippen LogP contribution in [0.25, 0.3) is 0 Å². The first-order valence-electron chi connectivity index (χ1n) is 13.9. The van der Waals surface area contributed by atoms with Crippen molar-refractivity contribution in [1.29, 1.82) is 0 Å². The molecule has 0 saturated carbocycles. The molecule has 222 valence electrons. The molecule has 0 fully saturated rings. The highest BCUT2D eigenvalue weighted by molar-refractivity contribution is 8.00. The molecule has 43 heavy (non-hydrogen) atoms. The normalized spacial score (nSPS) is 14.8. The van der Waals surface area contributed by atoms with Crippen molar-refractivity contribution in [3.63, 3.8) is 0 Å². The van der Waals surface area contributed by atoms with Crippen LogP contribution in [0, 0.1) is 5.92 Å². The number of carbonyl (C=O) groups is 3. The Hall–Kier alpha value is -3.30. The Morgan fingerprint density at radius 2 is 1.81 bits per heavy atom. The van der Waals surface area contributed by atoms with Crippen molar-refractivity contribution in [2.24, 2.45) is 5.92 Å². The number of hydrogen-bond acceptors (Lipinski definition) is 6. The Balaban J connectivity index is 1.41. The smallest absolute Gasteiger partial charge is 0.341 e. The number of carbonyl (C=O) groups excluding carboxylic acids is 3. The van der Waals surface area contributed by atoms with Crippen LogP contribution in [0.15, 0.2) is 77.7 Å². The lowest BCUT2D eigenvalue weighted by molar-refractivity contribution is -0.115. The molecule has 0 bridgehead atoms. The van der Waals surface area contributed by atoms with Crippen LogP contribution in [0.4, 0.5) is 10.7 Å². The zero-order chi connectivity index (χ0) is 30.5. The molecule has 1 aromatic heterocycles. The molecular weight excluding hydrogens is 623 g/mol. The minimum absolute atomic E-state index is 0.253. The maximum Gasteiger partial charge on any atom is 0.341 e. The molecule has 3 aromatic carbocycles. The van der Waals surface area contributed by atoms with Crippen LogP contribution in [0.1, 0.15) is 62.2 Å². The number of nitrogens with one attached hydrogen (secondary N) is 2. The monoisotopic (exact) mass is 652 g/mol. The van der Waals surface area contributed by atoms with E-state index in [9.17, 15) is 14.4 Å². The van der Waals surface area contributed by atoms with Gasteiger partial charge in [-0.15, -0.1) is 23.1 Å². The molecule has 2 amide bonds. The highest BCUT2D eigenvalue weighted by Crippen LogP contribution is 2.42. The molecule has 0 aliphatic heterocycles. The number of esters is 1. The number of rotatable bonds is 9. The molecule has 2 unspecified atom stereocenters. The third kappa shape index (κ3) is 7.44. The highest BCUT2D eigenvalue weighted by atomic mass is 35.5. The maximum atomic E-state index is 14.0. The molecule has 1 aliphatic carbocycles. The van der Waals surface area contributed by atoms with Gasteiger partial charge in [0.05, 0.1) is 22.8 Å². The molecule has 0 radical (unpaired) electrons. The molecule has 5 rings (SSSR count). The number of ether oxygens (including phenoxy) is 1. The first kappa shape index (κ1) is 31.1. The fraction of sp³-hybridized carbons (Fsp3) is 0.242. The Labute approximate surface area is 269 Å². The van der Waals surface area contributed by atoms with Crippen LogP contribution in [0.3, 0.4) is 0 Å². The summed E-state index contributed by atoms with van der Waals surface area (Å²) in [6.45, 7) is 4.24. The van der Waals surface area contributed by atoms with Gasteiger partial charge in [0.25, 0.3) is 5.91 Å². The van der Waals surface area contributed by atoms with Crippen molar-refractivity contribution in [2.45, 2.75) is 43.3 Å². The number of fused-ring (bicyclic) bond motifs is 1. The lowest BCUT2D eigenvalue weighted by atomic mass is 9.88. The van der Waals surface area contributed by atoms with Gasteiger partial charge in [0.1, 0.15) is 10.3 Å². The number of anilines is 2. The topological polar surface area (TPSA) is 84.5 Å². The van der Waals surface area contributed by atoms with E-state index >= 15 is 0 Å². The van der Waals surface area contributed by atoms with Crippen LogP contribution in [-0.4, -0.2) is 24.4 Å². The van der Waals surface area contributed by atoms with Crippen molar-refractivity contribution in [3.8, 4) is 0 Å². The Bertz CT molecular complexity index is 1660. The van der Waals surface area contributed by atoms with Crippen LogP contribution in [-0.2, 0) is 22.4 Å². The number of halogens is 2. The predicted octanol–water partition coefficient (Wildman–Crippen LogP) is 9.08. The molecule has 2 N–H and O–H groups in total. The summed E-state index contributed by atoms with van der Waals surface area (Å²) < 4.78 is 5.39. The van der Waals surface area contributed by atoms with Crippen LogP contribution in [0.5, 0.6) is 0 Å². The van der Waals surface area contributed by atoms with Crippen LogP contribution >= 0.6 is 46.3 Å². The van der Waals surface area contributed by atoms with Gasteiger partial charge in [0.15, 0.2) is 0 Å².